The Morgan fingerprint density at radius 1 is 0.321 bits per heavy atom. The van der Waals surface area contributed by atoms with Gasteiger partial charge in [0.1, 0.15) is 0 Å². The highest BCUT2D eigenvalue weighted by Crippen LogP contribution is 2.35. The van der Waals surface area contributed by atoms with Crippen LogP contribution >= 0.6 is 0 Å². The van der Waals surface area contributed by atoms with Gasteiger partial charge in [-0.2, -0.15) is 0 Å². The molecular formula is C50H33N3. The number of hydrogen-bond donors (Lipinski definition) is 0. The Morgan fingerprint density at radius 2 is 0.868 bits per heavy atom. The van der Waals surface area contributed by atoms with E-state index in [-0.39, 0.29) is 0 Å². The first-order chi connectivity index (χ1) is 26.3. The molecule has 0 bridgehead atoms. The summed E-state index contributed by atoms with van der Waals surface area (Å²) < 4.78 is 2.34. The van der Waals surface area contributed by atoms with Crippen LogP contribution in [-0.2, 0) is 0 Å². The van der Waals surface area contributed by atoms with Crippen molar-refractivity contribution >= 4 is 32.6 Å². The van der Waals surface area contributed by atoms with Gasteiger partial charge in [0, 0.05) is 33.2 Å². The van der Waals surface area contributed by atoms with Crippen LogP contribution in [0.15, 0.2) is 200 Å². The van der Waals surface area contributed by atoms with E-state index >= 15 is 0 Å². The Balaban J connectivity index is 1.12. The Morgan fingerprint density at radius 3 is 1.64 bits per heavy atom. The molecule has 0 aliphatic rings. The first-order valence-corrected chi connectivity index (χ1v) is 18.0. The van der Waals surface area contributed by atoms with Crippen molar-refractivity contribution in [2.24, 2.45) is 0 Å². The molecule has 53 heavy (non-hydrogen) atoms. The fraction of sp³-hybridized carbons (Fsp3) is 0. The molecule has 0 N–H and O–H groups in total. The van der Waals surface area contributed by atoms with Crippen LogP contribution in [0.1, 0.15) is 0 Å². The van der Waals surface area contributed by atoms with Crippen molar-refractivity contribution in [1.29, 1.82) is 0 Å². The summed E-state index contributed by atoms with van der Waals surface area (Å²) in [6.45, 7) is 0. The van der Waals surface area contributed by atoms with Crippen molar-refractivity contribution in [3.05, 3.63) is 200 Å². The quantitative estimate of drug-likeness (QED) is 0.176. The van der Waals surface area contributed by atoms with Gasteiger partial charge in [-0.25, -0.2) is 9.97 Å². The van der Waals surface area contributed by atoms with Crippen molar-refractivity contribution in [2.75, 3.05) is 0 Å². The first kappa shape index (κ1) is 30.7. The highest BCUT2D eigenvalue weighted by molar-refractivity contribution is 6.09. The summed E-state index contributed by atoms with van der Waals surface area (Å²) in [7, 11) is 0. The maximum Gasteiger partial charge on any atom is 0.160 e. The van der Waals surface area contributed by atoms with E-state index in [0.29, 0.717) is 5.82 Å². The van der Waals surface area contributed by atoms with Gasteiger partial charge in [-0.05, 0) is 69.4 Å². The second-order valence-electron chi connectivity index (χ2n) is 13.4. The zero-order valence-electron chi connectivity index (χ0n) is 28.9. The lowest BCUT2D eigenvalue weighted by molar-refractivity contribution is 1.16. The summed E-state index contributed by atoms with van der Waals surface area (Å²) in [5.41, 5.74) is 12.9. The summed E-state index contributed by atoms with van der Waals surface area (Å²) in [4.78, 5) is 10.5. The average Bonchev–Trinajstić information content (AvgIpc) is 3.58. The van der Waals surface area contributed by atoms with Crippen LogP contribution in [0.5, 0.6) is 0 Å². The molecule has 0 radical (unpaired) electrons. The monoisotopic (exact) mass is 675 g/mol. The van der Waals surface area contributed by atoms with Gasteiger partial charge in [0.25, 0.3) is 0 Å². The van der Waals surface area contributed by atoms with Gasteiger partial charge in [0.2, 0.25) is 0 Å². The number of aromatic nitrogens is 3. The fourth-order valence-electron chi connectivity index (χ4n) is 7.64. The molecule has 0 fully saturated rings. The number of hydrogen-bond acceptors (Lipinski definition) is 2. The van der Waals surface area contributed by atoms with Crippen LogP contribution in [0.2, 0.25) is 0 Å². The molecule has 0 aliphatic carbocycles. The van der Waals surface area contributed by atoms with Gasteiger partial charge in [0.15, 0.2) is 5.82 Å². The van der Waals surface area contributed by atoms with Gasteiger partial charge < -0.3 is 4.57 Å². The Hall–Kier alpha value is -7.10. The van der Waals surface area contributed by atoms with Crippen molar-refractivity contribution in [3.63, 3.8) is 0 Å². The average molecular weight is 676 g/mol. The van der Waals surface area contributed by atoms with E-state index in [1.165, 1.54) is 49.3 Å². The zero-order valence-corrected chi connectivity index (χ0v) is 28.9. The van der Waals surface area contributed by atoms with E-state index in [2.05, 4.69) is 205 Å². The third-order valence-corrected chi connectivity index (χ3v) is 10.2. The summed E-state index contributed by atoms with van der Waals surface area (Å²) in [5.74, 6) is 0.684. The van der Waals surface area contributed by atoms with Crippen molar-refractivity contribution in [3.8, 4) is 61.8 Å². The molecule has 248 valence electrons. The zero-order chi connectivity index (χ0) is 35.1. The van der Waals surface area contributed by atoms with Gasteiger partial charge in [-0.3, -0.25) is 0 Å². The molecule has 0 spiro atoms. The predicted molar refractivity (Wildman–Crippen MR) is 221 cm³/mol. The van der Waals surface area contributed by atoms with Crippen molar-refractivity contribution in [2.45, 2.75) is 0 Å². The predicted octanol–water partition coefficient (Wildman–Crippen LogP) is 13.1. The van der Waals surface area contributed by atoms with Crippen molar-refractivity contribution < 1.29 is 0 Å². The molecule has 3 heteroatoms. The second-order valence-corrected chi connectivity index (χ2v) is 13.4. The van der Waals surface area contributed by atoms with Crippen LogP contribution in [-0.4, -0.2) is 14.5 Å². The molecule has 0 aliphatic heterocycles. The topological polar surface area (TPSA) is 30.7 Å². The lowest BCUT2D eigenvalue weighted by Crippen LogP contribution is -1.98. The molecule has 0 unspecified atom stereocenters. The molecule has 8 aromatic carbocycles. The molecule has 10 rings (SSSR count). The second kappa shape index (κ2) is 12.9. The largest absolute Gasteiger partial charge is 0.309 e. The van der Waals surface area contributed by atoms with Gasteiger partial charge in [-0.15, -0.1) is 0 Å². The minimum Gasteiger partial charge on any atom is -0.309 e. The molecule has 0 saturated heterocycles. The lowest BCUT2D eigenvalue weighted by atomic mass is 9.96. The molecule has 0 amide bonds. The molecule has 0 atom stereocenters. The number of fused-ring (bicyclic) bond motifs is 4. The van der Waals surface area contributed by atoms with Crippen LogP contribution in [0.4, 0.5) is 0 Å². The Labute approximate surface area is 308 Å². The minimum absolute atomic E-state index is 0.684. The first-order valence-electron chi connectivity index (χ1n) is 18.0. The maximum absolute atomic E-state index is 5.26. The number of rotatable bonds is 6. The van der Waals surface area contributed by atoms with Crippen molar-refractivity contribution in [1.82, 2.24) is 14.5 Å². The number of para-hydroxylation sites is 2. The summed E-state index contributed by atoms with van der Waals surface area (Å²) >= 11 is 0. The van der Waals surface area contributed by atoms with Crippen LogP contribution in [0.3, 0.4) is 0 Å². The highest BCUT2D eigenvalue weighted by Gasteiger charge is 2.15. The SMILES string of the molecule is c1ccc(-c2cccc(-c3cc(-c4ccc(-c5cccc6ccccc56)cc4)nc(-c4cccc(-n5c6ccccc6c6ccccc65)c4)n3)c2)cc1. The van der Waals surface area contributed by atoms with Crippen LogP contribution in [0.25, 0.3) is 94.4 Å². The fourth-order valence-corrected chi connectivity index (χ4v) is 7.64. The van der Waals surface area contributed by atoms with Gasteiger partial charge in [-0.1, -0.05) is 164 Å². The third-order valence-electron chi connectivity index (χ3n) is 10.2. The summed E-state index contributed by atoms with van der Waals surface area (Å²) in [6, 6.07) is 70.9. The Bertz CT molecular complexity index is 2880. The maximum atomic E-state index is 5.26. The van der Waals surface area contributed by atoms with E-state index < -0.39 is 0 Å². The van der Waals surface area contributed by atoms with E-state index in [4.69, 9.17) is 9.97 Å². The Kier molecular flexibility index (Phi) is 7.47. The molecule has 10 aromatic rings. The number of benzene rings is 8. The smallest absolute Gasteiger partial charge is 0.160 e. The molecule has 2 aromatic heterocycles. The minimum atomic E-state index is 0.684. The molecule has 0 saturated carbocycles. The summed E-state index contributed by atoms with van der Waals surface area (Å²) in [5, 5.41) is 4.95. The van der Waals surface area contributed by atoms with Gasteiger partial charge >= 0.3 is 0 Å². The molecule has 2 heterocycles. The van der Waals surface area contributed by atoms with E-state index in [9.17, 15) is 0 Å². The van der Waals surface area contributed by atoms with E-state index in [1.807, 2.05) is 0 Å². The van der Waals surface area contributed by atoms with Crippen LogP contribution < -0.4 is 0 Å². The standard InChI is InChI=1S/C50H33N3/c1-2-13-34(14-3-1)38-17-10-18-39(31-38)47-33-46(37-29-27-36(28-30-37)43-24-12-16-35-15-4-5-21-42(35)43)51-50(52-47)40-19-11-20-41(32-40)53-48-25-8-6-22-44(48)45-23-7-9-26-49(45)53/h1-33H. The van der Waals surface area contributed by atoms with Crippen LogP contribution in [0, 0.1) is 0 Å². The third kappa shape index (κ3) is 5.56. The molecule has 3 nitrogen and oxygen atoms in total. The molecular weight excluding hydrogens is 643 g/mol. The van der Waals surface area contributed by atoms with E-state index in [1.54, 1.807) is 0 Å². The highest BCUT2D eigenvalue weighted by atomic mass is 15.0. The number of nitrogens with zero attached hydrogens (tertiary/aromatic N) is 3. The van der Waals surface area contributed by atoms with Gasteiger partial charge in [0.05, 0.1) is 22.4 Å². The normalized spacial score (nSPS) is 11.4. The van der Waals surface area contributed by atoms with E-state index in [0.717, 1.165) is 39.3 Å². The summed E-state index contributed by atoms with van der Waals surface area (Å²) in [6.07, 6.45) is 0. The lowest BCUT2D eigenvalue weighted by Gasteiger charge is -2.13.